The number of hydrogen-bond acceptors (Lipinski definition) is 4. The summed E-state index contributed by atoms with van der Waals surface area (Å²) in [7, 11) is 0. The van der Waals surface area contributed by atoms with E-state index in [1.165, 1.54) is 26.9 Å². The summed E-state index contributed by atoms with van der Waals surface area (Å²) in [5, 5.41) is 11.3. The molecule has 0 N–H and O–H groups in total. The number of hydrogen-bond donors (Lipinski definition) is 0. The number of furan rings is 2. The zero-order valence-corrected chi connectivity index (χ0v) is 32.5. The van der Waals surface area contributed by atoms with Crippen LogP contribution in [0.15, 0.2) is 191 Å². The van der Waals surface area contributed by atoms with Crippen LogP contribution in [0, 0.1) is 6.92 Å². The first-order chi connectivity index (χ1) is 29.7. The van der Waals surface area contributed by atoms with E-state index in [0.29, 0.717) is 5.82 Å². The third-order valence-corrected chi connectivity index (χ3v) is 12.4. The lowest BCUT2D eigenvalue weighted by Gasteiger charge is -2.16. The predicted molar refractivity (Wildman–Crippen MR) is 247 cm³/mol. The molecule has 0 unspecified atom stereocenters. The van der Waals surface area contributed by atoms with Crippen molar-refractivity contribution < 1.29 is 8.83 Å². The van der Waals surface area contributed by atoms with E-state index in [1.807, 2.05) is 24.3 Å². The highest BCUT2D eigenvalue weighted by Crippen LogP contribution is 2.45. The molecule has 4 heterocycles. The van der Waals surface area contributed by atoms with Crippen molar-refractivity contribution in [3.8, 4) is 39.6 Å². The van der Waals surface area contributed by atoms with Crippen LogP contribution in [-0.4, -0.2) is 14.5 Å². The van der Waals surface area contributed by atoms with Gasteiger partial charge in [-0.05, 0) is 83.1 Å². The van der Waals surface area contributed by atoms with Gasteiger partial charge in [-0.3, -0.25) is 0 Å². The molecule has 0 fully saturated rings. The van der Waals surface area contributed by atoms with E-state index in [2.05, 4.69) is 169 Å². The SMILES string of the molecule is Cc1c(-c2ccc3ccccc3c2)nc(-c2ccc(-n3c4ccccc4c4cc5ccccc5cc43)c3c2oc2ccccc23)nc1-c1cccc2c1oc1ccccc12. The molecule has 13 aromatic rings. The minimum atomic E-state index is 0.579. The lowest BCUT2D eigenvalue weighted by Crippen LogP contribution is -2.01. The summed E-state index contributed by atoms with van der Waals surface area (Å²) in [4.78, 5) is 11.0. The van der Waals surface area contributed by atoms with Crippen LogP contribution in [-0.2, 0) is 0 Å². The highest BCUT2D eigenvalue weighted by molar-refractivity contribution is 6.18. The second kappa shape index (κ2) is 12.5. The van der Waals surface area contributed by atoms with Gasteiger partial charge in [0.05, 0.1) is 39.1 Å². The first-order valence-corrected chi connectivity index (χ1v) is 20.3. The molecule has 0 aliphatic heterocycles. The average molecular weight is 768 g/mol. The zero-order chi connectivity index (χ0) is 39.5. The monoisotopic (exact) mass is 767 g/mol. The van der Waals surface area contributed by atoms with E-state index in [4.69, 9.17) is 18.8 Å². The van der Waals surface area contributed by atoms with Crippen molar-refractivity contribution >= 4 is 87.2 Å². The van der Waals surface area contributed by atoms with Crippen LogP contribution in [0.3, 0.4) is 0 Å². The molecule has 0 saturated heterocycles. The fourth-order valence-corrected chi connectivity index (χ4v) is 9.54. The van der Waals surface area contributed by atoms with E-state index >= 15 is 0 Å². The van der Waals surface area contributed by atoms with Gasteiger partial charge >= 0.3 is 0 Å². The van der Waals surface area contributed by atoms with Crippen LogP contribution in [0.4, 0.5) is 0 Å². The smallest absolute Gasteiger partial charge is 0.164 e. The molecule has 9 aromatic carbocycles. The van der Waals surface area contributed by atoms with Crippen molar-refractivity contribution in [2.24, 2.45) is 0 Å². The van der Waals surface area contributed by atoms with Crippen LogP contribution < -0.4 is 0 Å². The second-order valence-corrected chi connectivity index (χ2v) is 15.7. The van der Waals surface area contributed by atoms with Crippen molar-refractivity contribution in [2.45, 2.75) is 6.92 Å². The number of rotatable bonds is 4. The number of benzene rings is 9. The van der Waals surface area contributed by atoms with Crippen LogP contribution in [0.5, 0.6) is 0 Å². The van der Waals surface area contributed by atoms with Crippen LogP contribution in [0.2, 0.25) is 0 Å². The summed E-state index contributed by atoms with van der Waals surface area (Å²) < 4.78 is 16.0. The molecular formula is C55H33N3O2. The Kier molecular flexibility index (Phi) is 6.87. The molecule has 0 aliphatic rings. The van der Waals surface area contributed by atoms with Crippen molar-refractivity contribution in [1.29, 1.82) is 0 Å². The molecule has 4 aromatic heterocycles. The van der Waals surface area contributed by atoms with Gasteiger partial charge in [-0.2, -0.15) is 0 Å². The van der Waals surface area contributed by atoms with Gasteiger partial charge < -0.3 is 13.4 Å². The topological polar surface area (TPSA) is 57.0 Å². The van der Waals surface area contributed by atoms with Gasteiger partial charge in [0.15, 0.2) is 5.82 Å². The Hall–Kier alpha value is -8.02. The fourth-order valence-electron chi connectivity index (χ4n) is 9.54. The first kappa shape index (κ1) is 33.0. The predicted octanol–water partition coefficient (Wildman–Crippen LogP) is 15.0. The Morgan fingerprint density at radius 3 is 1.88 bits per heavy atom. The van der Waals surface area contributed by atoms with Crippen LogP contribution in [0.1, 0.15) is 5.56 Å². The van der Waals surface area contributed by atoms with Gasteiger partial charge in [0.1, 0.15) is 22.3 Å². The summed E-state index contributed by atoms with van der Waals surface area (Å²) in [6.45, 7) is 2.12. The lowest BCUT2D eigenvalue weighted by atomic mass is 9.97. The Balaban J connectivity index is 1.12. The van der Waals surface area contributed by atoms with Crippen molar-refractivity contribution in [2.75, 3.05) is 0 Å². The minimum absolute atomic E-state index is 0.579. The van der Waals surface area contributed by atoms with E-state index in [0.717, 1.165) is 99.6 Å². The Morgan fingerprint density at radius 2 is 1.05 bits per heavy atom. The average Bonchev–Trinajstić information content (AvgIpc) is 3.98. The molecule has 5 heteroatoms. The Morgan fingerprint density at radius 1 is 0.417 bits per heavy atom. The van der Waals surface area contributed by atoms with E-state index in [9.17, 15) is 0 Å². The fraction of sp³-hybridized carbons (Fsp3) is 0.0182. The summed E-state index contributed by atoms with van der Waals surface area (Å²) in [6.07, 6.45) is 0. The third-order valence-electron chi connectivity index (χ3n) is 12.4. The highest BCUT2D eigenvalue weighted by Gasteiger charge is 2.25. The van der Waals surface area contributed by atoms with E-state index in [1.54, 1.807) is 0 Å². The molecule has 0 radical (unpaired) electrons. The highest BCUT2D eigenvalue weighted by atomic mass is 16.3. The summed E-state index contributed by atoms with van der Waals surface area (Å²) in [5.41, 5.74) is 11.9. The molecule has 0 amide bonds. The van der Waals surface area contributed by atoms with Crippen molar-refractivity contribution in [3.05, 3.63) is 188 Å². The molecule has 0 atom stereocenters. The molecule has 5 nitrogen and oxygen atoms in total. The molecule has 60 heavy (non-hydrogen) atoms. The molecule has 0 saturated carbocycles. The van der Waals surface area contributed by atoms with Crippen molar-refractivity contribution in [1.82, 2.24) is 14.5 Å². The second-order valence-electron chi connectivity index (χ2n) is 15.7. The lowest BCUT2D eigenvalue weighted by molar-refractivity contribution is 0.669. The number of para-hydroxylation sites is 4. The standard InChI is InChI=1S/C55H33N3O2/c1-32-51(37-26-25-33-13-2-3-14-34(33)29-37)56-55(57-52(32)42-21-12-20-40-39-18-7-10-23-48(39)59-53(40)42)43-27-28-46(50-41-19-8-11-24-49(41)60-54(43)50)58-45-22-9-6-17-38(45)44-30-35-15-4-5-16-36(35)31-47(44)58/h2-31H,1H3. The third kappa shape index (κ3) is 4.74. The van der Waals surface area contributed by atoms with E-state index < -0.39 is 0 Å². The molecule has 280 valence electrons. The maximum Gasteiger partial charge on any atom is 0.164 e. The van der Waals surface area contributed by atoms with Crippen LogP contribution >= 0.6 is 0 Å². The molecular weight excluding hydrogens is 735 g/mol. The van der Waals surface area contributed by atoms with Crippen LogP contribution in [0.25, 0.3) is 127 Å². The molecule has 0 aliphatic carbocycles. The summed E-state index contributed by atoms with van der Waals surface area (Å²) >= 11 is 0. The van der Waals surface area contributed by atoms with Gasteiger partial charge in [-0.15, -0.1) is 0 Å². The largest absolute Gasteiger partial charge is 0.455 e. The number of nitrogens with zero attached hydrogens (tertiary/aromatic N) is 3. The summed E-state index contributed by atoms with van der Waals surface area (Å²) in [6, 6.07) is 64.1. The first-order valence-electron chi connectivity index (χ1n) is 20.3. The maximum absolute atomic E-state index is 6.95. The normalized spacial score (nSPS) is 12.1. The molecule has 0 bridgehead atoms. The Bertz CT molecular complexity index is 3920. The van der Waals surface area contributed by atoms with Gasteiger partial charge in [0.2, 0.25) is 0 Å². The molecule has 0 spiro atoms. The van der Waals surface area contributed by atoms with E-state index in [-0.39, 0.29) is 0 Å². The Labute approximate surface area is 343 Å². The van der Waals surface area contributed by atoms with Gasteiger partial charge in [0.25, 0.3) is 0 Å². The zero-order valence-electron chi connectivity index (χ0n) is 32.5. The number of fused-ring (bicyclic) bond motifs is 11. The quantitative estimate of drug-likeness (QED) is 0.179. The summed E-state index contributed by atoms with van der Waals surface area (Å²) in [5.74, 6) is 0.579. The minimum Gasteiger partial charge on any atom is -0.455 e. The number of aromatic nitrogens is 3. The van der Waals surface area contributed by atoms with Gasteiger partial charge in [0, 0.05) is 43.6 Å². The maximum atomic E-state index is 6.95. The van der Waals surface area contributed by atoms with Gasteiger partial charge in [-0.25, -0.2) is 9.97 Å². The van der Waals surface area contributed by atoms with Gasteiger partial charge in [-0.1, -0.05) is 127 Å². The van der Waals surface area contributed by atoms with Crippen molar-refractivity contribution in [3.63, 3.8) is 0 Å². The molecule has 13 rings (SSSR count).